The van der Waals surface area contributed by atoms with Crippen LogP contribution in [0.25, 0.3) is 0 Å². The summed E-state index contributed by atoms with van der Waals surface area (Å²) in [7, 11) is 1.60. The molecule has 0 aromatic rings. The zero-order valence-electron chi connectivity index (χ0n) is 6.34. The van der Waals surface area contributed by atoms with Crippen molar-refractivity contribution >= 4 is 0 Å². The molecule has 58 valence electrons. The molecule has 0 aliphatic carbocycles. The van der Waals surface area contributed by atoms with Gasteiger partial charge in [0.2, 0.25) is 0 Å². The number of aliphatic hydroxyl groups excluding tert-OH is 1. The molecule has 0 fully saturated rings. The van der Waals surface area contributed by atoms with Crippen molar-refractivity contribution in [2.45, 2.75) is 12.8 Å². The van der Waals surface area contributed by atoms with E-state index in [-0.39, 0.29) is 6.61 Å². The van der Waals surface area contributed by atoms with Gasteiger partial charge in [0.05, 0.1) is 12.9 Å². The first-order valence-electron chi connectivity index (χ1n) is 3.29. The summed E-state index contributed by atoms with van der Waals surface area (Å²) in [5.41, 5.74) is 0. The van der Waals surface area contributed by atoms with Crippen LogP contribution in [-0.4, -0.2) is 18.8 Å². The second-order valence-corrected chi connectivity index (χ2v) is 1.93. The quantitative estimate of drug-likeness (QED) is 0.465. The lowest BCUT2D eigenvalue weighted by Crippen LogP contribution is -1.81. The highest BCUT2D eigenvalue weighted by Crippen LogP contribution is 1.98. The van der Waals surface area contributed by atoms with Gasteiger partial charge < -0.3 is 9.84 Å². The molecule has 0 saturated heterocycles. The second kappa shape index (κ2) is 6.36. The maximum absolute atomic E-state index is 8.38. The van der Waals surface area contributed by atoms with Crippen LogP contribution in [0, 0.1) is 0 Å². The van der Waals surface area contributed by atoms with Crippen LogP contribution < -0.4 is 0 Å². The zero-order chi connectivity index (χ0) is 7.82. The number of hydrogen-bond donors (Lipinski definition) is 1. The third kappa shape index (κ3) is 5.38. The fourth-order valence-corrected chi connectivity index (χ4v) is 0.490. The van der Waals surface area contributed by atoms with E-state index in [1.165, 1.54) is 0 Å². The molecule has 1 N–H and O–H groups in total. The lowest BCUT2D eigenvalue weighted by molar-refractivity contribution is 0.286. The standard InChI is InChI=1S/C8H14O2/c1-8(10-2)6-4-3-5-7-9/h3-4,9H,1,5-7H2,2H3/b4-3+. The average molecular weight is 142 g/mol. The second-order valence-electron chi connectivity index (χ2n) is 1.93. The normalized spacial score (nSPS) is 10.2. The lowest BCUT2D eigenvalue weighted by Gasteiger charge is -1.97. The van der Waals surface area contributed by atoms with E-state index in [9.17, 15) is 0 Å². The van der Waals surface area contributed by atoms with Crippen LogP contribution in [0.15, 0.2) is 24.5 Å². The van der Waals surface area contributed by atoms with Crippen LogP contribution in [-0.2, 0) is 4.74 Å². The Morgan fingerprint density at radius 1 is 1.60 bits per heavy atom. The lowest BCUT2D eigenvalue weighted by atomic mass is 10.3. The summed E-state index contributed by atoms with van der Waals surface area (Å²) in [5, 5.41) is 8.38. The number of rotatable bonds is 5. The number of ether oxygens (including phenoxy) is 1. The first-order valence-corrected chi connectivity index (χ1v) is 3.29. The summed E-state index contributed by atoms with van der Waals surface area (Å²) in [6.45, 7) is 3.84. The van der Waals surface area contributed by atoms with Crippen molar-refractivity contribution < 1.29 is 9.84 Å². The maximum atomic E-state index is 8.38. The van der Waals surface area contributed by atoms with E-state index in [1.807, 2.05) is 12.2 Å². The highest BCUT2D eigenvalue weighted by Gasteiger charge is 1.84. The third-order valence-corrected chi connectivity index (χ3v) is 1.10. The molecule has 0 bridgehead atoms. The predicted molar refractivity (Wildman–Crippen MR) is 41.6 cm³/mol. The first kappa shape index (κ1) is 9.24. The van der Waals surface area contributed by atoms with E-state index in [0.717, 1.165) is 12.2 Å². The summed E-state index contributed by atoms with van der Waals surface area (Å²) in [4.78, 5) is 0. The molecule has 2 nitrogen and oxygen atoms in total. The van der Waals surface area contributed by atoms with Gasteiger partial charge in [-0.3, -0.25) is 0 Å². The highest BCUT2D eigenvalue weighted by molar-refractivity contribution is 4.94. The fraction of sp³-hybridized carbons (Fsp3) is 0.500. The number of hydrogen-bond acceptors (Lipinski definition) is 2. The van der Waals surface area contributed by atoms with Gasteiger partial charge in [0.25, 0.3) is 0 Å². The maximum Gasteiger partial charge on any atom is 0.0921 e. The van der Waals surface area contributed by atoms with Crippen molar-refractivity contribution in [2.75, 3.05) is 13.7 Å². The van der Waals surface area contributed by atoms with E-state index in [1.54, 1.807) is 7.11 Å². The van der Waals surface area contributed by atoms with Crippen molar-refractivity contribution in [1.29, 1.82) is 0 Å². The molecule has 2 heteroatoms. The smallest absolute Gasteiger partial charge is 0.0921 e. The number of aliphatic hydroxyl groups is 1. The summed E-state index contributed by atoms with van der Waals surface area (Å²) < 4.78 is 4.82. The molecular formula is C8H14O2. The minimum Gasteiger partial charge on any atom is -0.501 e. The Hall–Kier alpha value is -0.760. The molecule has 0 aromatic heterocycles. The van der Waals surface area contributed by atoms with Gasteiger partial charge in [0.1, 0.15) is 0 Å². The third-order valence-electron chi connectivity index (χ3n) is 1.10. The largest absolute Gasteiger partial charge is 0.501 e. The van der Waals surface area contributed by atoms with Gasteiger partial charge in [-0.2, -0.15) is 0 Å². The van der Waals surface area contributed by atoms with Crippen LogP contribution in [0.1, 0.15) is 12.8 Å². The molecule has 0 atom stereocenters. The van der Waals surface area contributed by atoms with Crippen molar-refractivity contribution in [1.82, 2.24) is 0 Å². The van der Waals surface area contributed by atoms with E-state index >= 15 is 0 Å². The van der Waals surface area contributed by atoms with Crippen molar-refractivity contribution in [3.8, 4) is 0 Å². The Bertz CT molecular complexity index is 116. The molecular weight excluding hydrogens is 128 g/mol. The average Bonchev–Trinajstić information content (AvgIpc) is 1.98. The van der Waals surface area contributed by atoms with Gasteiger partial charge in [0.15, 0.2) is 0 Å². The fourth-order valence-electron chi connectivity index (χ4n) is 0.490. The van der Waals surface area contributed by atoms with Crippen molar-refractivity contribution in [3.63, 3.8) is 0 Å². The Morgan fingerprint density at radius 3 is 2.80 bits per heavy atom. The van der Waals surface area contributed by atoms with Crippen LogP contribution >= 0.6 is 0 Å². The Labute approximate surface area is 61.8 Å². The van der Waals surface area contributed by atoms with Gasteiger partial charge >= 0.3 is 0 Å². The highest BCUT2D eigenvalue weighted by atomic mass is 16.5. The molecule has 0 amide bonds. The molecule has 0 aromatic carbocycles. The summed E-state index contributed by atoms with van der Waals surface area (Å²) in [6.07, 6.45) is 5.28. The van der Waals surface area contributed by atoms with Crippen LogP contribution in [0.5, 0.6) is 0 Å². The number of methoxy groups -OCH3 is 1. The van der Waals surface area contributed by atoms with Crippen LogP contribution in [0.2, 0.25) is 0 Å². The van der Waals surface area contributed by atoms with E-state index in [2.05, 4.69) is 6.58 Å². The summed E-state index contributed by atoms with van der Waals surface area (Å²) in [5.74, 6) is 0.745. The Morgan fingerprint density at radius 2 is 2.30 bits per heavy atom. The number of allylic oxidation sites excluding steroid dienone is 1. The molecule has 0 unspecified atom stereocenters. The molecule has 10 heavy (non-hydrogen) atoms. The van der Waals surface area contributed by atoms with E-state index < -0.39 is 0 Å². The Balaban J connectivity index is 3.25. The van der Waals surface area contributed by atoms with Gasteiger partial charge in [-0.25, -0.2) is 0 Å². The molecule has 0 rings (SSSR count). The van der Waals surface area contributed by atoms with Gasteiger partial charge in [-0.15, -0.1) is 0 Å². The minimum absolute atomic E-state index is 0.204. The van der Waals surface area contributed by atoms with Gasteiger partial charge in [-0.1, -0.05) is 18.7 Å². The Kier molecular flexibility index (Phi) is 5.88. The molecule has 0 heterocycles. The summed E-state index contributed by atoms with van der Waals surface area (Å²) in [6, 6.07) is 0. The SMILES string of the molecule is C=C(C/C=C/CCO)OC. The molecule has 0 spiro atoms. The van der Waals surface area contributed by atoms with Gasteiger partial charge in [0, 0.05) is 13.0 Å². The van der Waals surface area contributed by atoms with Crippen LogP contribution in [0.4, 0.5) is 0 Å². The van der Waals surface area contributed by atoms with Gasteiger partial charge in [-0.05, 0) is 6.42 Å². The molecule has 0 aliphatic rings. The van der Waals surface area contributed by atoms with Crippen molar-refractivity contribution in [2.24, 2.45) is 0 Å². The monoisotopic (exact) mass is 142 g/mol. The molecule has 0 aliphatic heterocycles. The van der Waals surface area contributed by atoms with E-state index in [4.69, 9.17) is 9.84 Å². The van der Waals surface area contributed by atoms with Crippen LogP contribution in [0.3, 0.4) is 0 Å². The first-order chi connectivity index (χ1) is 4.81. The molecule has 0 saturated carbocycles. The minimum atomic E-state index is 0.204. The zero-order valence-corrected chi connectivity index (χ0v) is 6.34. The molecule has 0 radical (unpaired) electrons. The summed E-state index contributed by atoms with van der Waals surface area (Å²) >= 11 is 0. The van der Waals surface area contributed by atoms with E-state index in [0.29, 0.717) is 6.42 Å². The van der Waals surface area contributed by atoms with Crippen molar-refractivity contribution in [3.05, 3.63) is 24.5 Å². The topological polar surface area (TPSA) is 29.5 Å². The predicted octanol–water partition coefficient (Wildman–Crippen LogP) is 1.48.